The number of nitrogen functional groups attached to an aromatic ring is 1. The number of hydrogen-bond donors (Lipinski definition) is 2. The minimum absolute atomic E-state index is 0.677. The van der Waals surface area contributed by atoms with Gasteiger partial charge >= 0.3 is 0 Å². The van der Waals surface area contributed by atoms with Crippen LogP contribution < -0.4 is 20.7 Å². The van der Waals surface area contributed by atoms with Crippen molar-refractivity contribution in [3.63, 3.8) is 0 Å². The molecule has 0 bridgehead atoms. The molecule has 0 unspecified atom stereocenters. The van der Waals surface area contributed by atoms with Crippen LogP contribution in [0.1, 0.15) is 13.8 Å². The zero-order valence-electron chi connectivity index (χ0n) is 12.9. The Morgan fingerprint density at radius 2 is 1.67 bits per heavy atom. The number of rotatable bonds is 6. The van der Waals surface area contributed by atoms with Crippen molar-refractivity contribution in [2.75, 3.05) is 36.1 Å². The first-order valence-electron chi connectivity index (χ1n) is 7.22. The van der Waals surface area contributed by atoms with Gasteiger partial charge in [-0.1, -0.05) is 0 Å². The molecule has 0 aliphatic heterocycles. The van der Waals surface area contributed by atoms with Crippen LogP contribution in [0.25, 0.3) is 0 Å². The average molecular weight is 285 g/mol. The van der Waals surface area contributed by atoms with Crippen molar-refractivity contribution in [1.29, 1.82) is 0 Å². The maximum Gasteiger partial charge on any atom is 0.122 e. The van der Waals surface area contributed by atoms with E-state index in [1.54, 1.807) is 13.2 Å². The highest BCUT2D eigenvalue weighted by molar-refractivity contribution is 5.67. The summed E-state index contributed by atoms with van der Waals surface area (Å²) < 4.78 is 5.23. The topological polar surface area (TPSA) is 50.5 Å². The molecule has 0 saturated heterocycles. The van der Waals surface area contributed by atoms with Crippen molar-refractivity contribution in [2.45, 2.75) is 13.8 Å². The second-order valence-electron chi connectivity index (χ2n) is 4.84. The Labute approximate surface area is 126 Å². The third kappa shape index (κ3) is 3.81. The van der Waals surface area contributed by atoms with Gasteiger partial charge in [0.15, 0.2) is 0 Å². The van der Waals surface area contributed by atoms with E-state index in [-0.39, 0.29) is 0 Å². The van der Waals surface area contributed by atoms with Gasteiger partial charge in [-0.25, -0.2) is 0 Å². The van der Waals surface area contributed by atoms with Crippen LogP contribution in [-0.4, -0.2) is 20.2 Å². The van der Waals surface area contributed by atoms with Gasteiger partial charge in [0.05, 0.1) is 7.11 Å². The number of ether oxygens (including phenoxy) is 1. The van der Waals surface area contributed by atoms with E-state index < -0.39 is 0 Å². The standard InChI is InChI=1S/C17H23N3O/c1-4-20(5-2)16-8-6-14(7-9-16)19-15-10-13(18)11-17(12-15)21-3/h6-12,19H,4-5,18H2,1-3H3. The SMILES string of the molecule is CCN(CC)c1ccc(Nc2cc(N)cc(OC)c2)cc1. The van der Waals surface area contributed by atoms with Crippen molar-refractivity contribution in [3.05, 3.63) is 42.5 Å². The second kappa shape index (κ2) is 6.88. The highest BCUT2D eigenvalue weighted by Crippen LogP contribution is 2.26. The Morgan fingerprint density at radius 3 is 2.24 bits per heavy atom. The third-order valence-electron chi connectivity index (χ3n) is 3.45. The zero-order chi connectivity index (χ0) is 15.2. The van der Waals surface area contributed by atoms with E-state index in [2.05, 4.69) is 48.3 Å². The van der Waals surface area contributed by atoms with Crippen LogP contribution in [0, 0.1) is 0 Å². The van der Waals surface area contributed by atoms with E-state index >= 15 is 0 Å². The molecule has 0 aliphatic rings. The summed E-state index contributed by atoms with van der Waals surface area (Å²) in [6.07, 6.45) is 0. The summed E-state index contributed by atoms with van der Waals surface area (Å²) >= 11 is 0. The van der Waals surface area contributed by atoms with Crippen molar-refractivity contribution in [1.82, 2.24) is 0 Å². The Balaban J connectivity index is 2.15. The number of nitrogens with one attached hydrogen (secondary N) is 1. The third-order valence-corrected chi connectivity index (χ3v) is 3.45. The molecule has 4 nitrogen and oxygen atoms in total. The Bertz CT molecular complexity index is 577. The summed E-state index contributed by atoms with van der Waals surface area (Å²) in [6.45, 7) is 6.34. The summed E-state index contributed by atoms with van der Waals surface area (Å²) in [7, 11) is 1.64. The van der Waals surface area contributed by atoms with Gasteiger partial charge in [-0.3, -0.25) is 0 Å². The van der Waals surface area contributed by atoms with Gasteiger partial charge in [0, 0.05) is 48.0 Å². The molecule has 2 aromatic rings. The molecular formula is C17H23N3O. The Hall–Kier alpha value is -2.36. The molecule has 112 valence electrons. The highest BCUT2D eigenvalue weighted by atomic mass is 16.5. The minimum atomic E-state index is 0.677. The van der Waals surface area contributed by atoms with Gasteiger partial charge in [0.25, 0.3) is 0 Å². The van der Waals surface area contributed by atoms with Crippen molar-refractivity contribution in [2.24, 2.45) is 0 Å². The smallest absolute Gasteiger partial charge is 0.122 e. The molecule has 0 radical (unpaired) electrons. The maximum absolute atomic E-state index is 5.86. The van der Waals surface area contributed by atoms with E-state index in [0.717, 1.165) is 30.2 Å². The fraction of sp³-hybridized carbons (Fsp3) is 0.294. The largest absolute Gasteiger partial charge is 0.497 e. The summed E-state index contributed by atoms with van der Waals surface area (Å²) in [6, 6.07) is 14.0. The molecule has 0 aromatic heterocycles. The van der Waals surface area contributed by atoms with Crippen LogP contribution in [0.2, 0.25) is 0 Å². The lowest BCUT2D eigenvalue weighted by Gasteiger charge is -2.21. The van der Waals surface area contributed by atoms with Crippen LogP contribution in [-0.2, 0) is 0 Å². The van der Waals surface area contributed by atoms with Gasteiger partial charge in [0.1, 0.15) is 5.75 Å². The summed E-state index contributed by atoms with van der Waals surface area (Å²) in [5.74, 6) is 0.747. The van der Waals surface area contributed by atoms with Crippen LogP contribution in [0.15, 0.2) is 42.5 Å². The molecule has 4 heteroatoms. The number of benzene rings is 2. The second-order valence-corrected chi connectivity index (χ2v) is 4.84. The molecular weight excluding hydrogens is 262 g/mol. The van der Waals surface area contributed by atoms with Gasteiger partial charge in [0.2, 0.25) is 0 Å². The summed E-state index contributed by atoms with van der Waals surface area (Å²) in [4.78, 5) is 2.31. The molecule has 3 N–H and O–H groups in total. The molecule has 2 aromatic carbocycles. The van der Waals surface area contributed by atoms with E-state index in [0.29, 0.717) is 5.69 Å². The van der Waals surface area contributed by atoms with Crippen molar-refractivity contribution < 1.29 is 4.74 Å². The molecule has 0 saturated carbocycles. The number of nitrogens with two attached hydrogens (primary N) is 1. The molecule has 21 heavy (non-hydrogen) atoms. The normalized spacial score (nSPS) is 10.2. The van der Waals surface area contributed by atoms with E-state index in [9.17, 15) is 0 Å². The average Bonchev–Trinajstić information content (AvgIpc) is 2.49. The maximum atomic E-state index is 5.86. The molecule has 0 aliphatic carbocycles. The highest BCUT2D eigenvalue weighted by Gasteiger charge is 2.03. The quantitative estimate of drug-likeness (QED) is 0.791. The lowest BCUT2D eigenvalue weighted by atomic mass is 10.2. The summed E-state index contributed by atoms with van der Waals surface area (Å²) in [5, 5.41) is 3.34. The summed E-state index contributed by atoms with van der Waals surface area (Å²) in [5.41, 5.74) is 9.72. The number of hydrogen-bond acceptors (Lipinski definition) is 4. The van der Waals surface area contributed by atoms with Crippen LogP contribution in [0.4, 0.5) is 22.7 Å². The predicted octanol–water partition coefficient (Wildman–Crippen LogP) is 3.87. The van der Waals surface area contributed by atoms with Gasteiger partial charge in [-0.15, -0.1) is 0 Å². The monoisotopic (exact) mass is 285 g/mol. The van der Waals surface area contributed by atoms with E-state index in [1.165, 1.54) is 5.69 Å². The first-order chi connectivity index (χ1) is 10.2. The van der Waals surface area contributed by atoms with E-state index in [1.807, 2.05) is 12.1 Å². The van der Waals surface area contributed by atoms with E-state index in [4.69, 9.17) is 10.5 Å². The first kappa shape index (κ1) is 15.0. The fourth-order valence-corrected chi connectivity index (χ4v) is 2.32. The van der Waals surface area contributed by atoms with Crippen LogP contribution in [0.3, 0.4) is 0 Å². The fourth-order valence-electron chi connectivity index (χ4n) is 2.32. The first-order valence-corrected chi connectivity index (χ1v) is 7.22. The van der Waals surface area contributed by atoms with Gasteiger partial charge in [-0.05, 0) is 44.2 Å². The molecule has 0 heterocycles. The zero-order valence-corrected chi connectivity index (χ0v) is 12.9. The minimum Gasteiger partial charge on any atom is -0.497 e. The molecule has 2 rings (SSSR count). The van der Waals surface area contributed by atoms with Gasteiger partial charge in [-0.2, -0.15) is 0 Å². The van der Waals surface area contributed by atoms with Crippen molar-refractivity contribution >= 4 is 22.7 Å². The van der Waals surface area contributed by atoms with Crippen LogP contribution in [0.5, 0.6) is 5.75 Å². The molecule has 0 fully saturated rings. The molecule has 0 amide bonds. The molecule has 0 spiro atoms. The number of nitrogens with zero attached hydrogens (tertiary/aromatic N) is 1. The number of anilines is 4. The van der Waals surface area contributed by atoms with Crippen molar-refractivity contribution in [3.8, 4) is 5.75 Å². The Morgan fingerprint density at radius 1 is 1.00 bits per heavy atom. The predicted molar refractivity (Wildman–Crippen MR) is 90.7 cm³/mol. The molecule has 0 atom stereocenters. The lowest BCUT2D eigenvalue weighted by molar-refractivity contribution is 0.415. The number of methoxy groups -OCH3 is 1. The van der Waals surface area contributed by atoms with Gasteiger partial charge < -0.3 is 20.7 Å². The Kier molecular flexibility index (Phi) is 4.93. The van der Waals surface area contributed by atoms with Crippen LogP contribution >= 0.6 is 0 Å². The lowest BCUT2D eigenvalue weighted by Crippen LogP contribution is -2.21.